The first-order chi connectivity index (χ1) is 15.5. The van der Waals surface area contributed by atoms with E-state index >= 15 is 0 Å². The maximum atomic E-state index is 12.5. The number of anilines is 1. The van der Waals surface area contributed by atoms with Crippen LogP contribution in [-0.4, -0.2) is 56.7 Å². The van der Waals surface area contributed by atoms with Crippen molar-refractivity contribution in [2.24, 2.45) is 0 Å². The first-order valence-corrected chi connectivity index (χ1v) is 10.2. The second-order valence-electron chi connectivity index (χ2n) is 7.18. The fourth-order valence-corrected chi connectivity index (χ4v) is 3.09. The first-order valence-electron chi connectivity index (χ1n) is 10.2. The Labute approximate surface area is 187 Å². The molecular formula is C24H25N3O5. The number of hydrogen-bond acceptors (Lipinski definition) is 6. The molecule has 1 saturated heterocycles. The van der Waals surface area contributed by atoms with E-state index in [-0.39, 0.29) is 18.1 Å². The number of ether oxygens (including phenoxy) is 3. The summed E-state index contributed by atoms with van der Waals surface area (Å²) in [4.78, 5) is 26.4. The van der Waals surface area contributed by atoms with Crippen LogP contribution in [0.5, 0.6) is 11.5 Å². The van der Waals surface area contributed by atoms with Gasteiger partial charge in [-0.15, -0.1) is 0 Å². The monoisotopic (exact) mass is 435 g/mol. The van der Waals surface area contributed by atoms with Crippen molar-refractivity contribution in [2.45, 2.75) is 6.92 Å². The number of hydrogen-bond donors (Lipinski definition) is 1. The summed E-state index contributed by atoms with van der Waals surface area (Å²) >= 11 is 0. The van der Waals surface area contributed by atoms with Crippen molar-refractivity contribution in [1.29, 1.82) is 5.26 Å². The highest BCUT2D eigenvalue weighted by Crippen LogP contribution is 2.29. The Morgan fingerprint density at radius 2 is 1.88 bits per heavy atom. The highest BCUT2D eigenvalue weighted by Gasteiger charge is 2.18. The predicted molar refractivity (Wildman–Crippen MR) is 119 cm³/mol. The number of morpholine rings is 1. The van der Waals surface area contributed by atoms with Gasteiger partial charge in [0.05, 0.1) is 20.3 Å². The molecule has 0 radical (unpaired) electrons. The van der Waals surface area contributed by atoms with Crippen molar-refractivity contribution < 1.29 is 23.8 Å². The van der Waals surface area contributed by atoms with E-state index in [0.717, 1.165) is 5.56 Å². The normalized spacial score (nSPS) is 13.8. The molecule has 0 aliphatic carbocycles. The largest absolute Gasteiger partial charge is 0.493 e. The molecule has 0 bridgehead atoms. The summed E-state index contributed by atoms with van der Waals surface area (Å²) in [7, 11) is 1.48. The summed E-state index contributed by atoms with van der Waals surface area (Å²) in [6.07, 6.45) is 1.47. The number of carbonyl (C=O) groups excluding carboxylic acids is 2. The molecule has 2 aromatic rings. The van der Waals surface area contributed by atoms with E-state index in [9.17, 15) is 14.9 Å². The van der Waals surface area contributed by atoms with E-state index < -0.39 is 5.91 Å². The lowest BCUT2D eigenvalue weighted by Crippen LogP contribution is -2.43. The lowest BCUT2D eigenvalue weighted by atomic mass is 10.1. The topological polar surface area (TPSA) is 101 Å². The molecule has 2 amide bonds. The highest BCUT2D eigenvalue weighted by atomic mass is 16.5. The van der Waals surface area contributed by atoms with Crippen LogP contribution in [0.4, 0.5) is 5.69 Å². The van der Waals surface area contributed by atoms with E-state index in [4.69, 9.17) is 14.2 Å². The maximum absolute atomic E-state index is 12.5. The highest BCUT2D eigenvalue weighted by molar-refractivity contribution is 6.09. The van der Waals surface area contributed by atoms with E-state index in [0.29, 0.717) is 49.1 Å². The number of benzene rings is 2. The smallest absolute Gasteiger partial charge is 0.266 e. The van der Waals surface area contributed by atoms with Gasteiger partial charge in [0.1, 0.15) is 11.6 Å². The standard InChI is InChI=1S/C24H25N3O5/c1-17-3-6-20(7-4-17)26-24(29)19(15-25)13-18-5-8-21(22(14-18)30-2)32-16-23(28)27-9-11-31-12-10-27/h3-8,13-14H,9-12,16H2,1-2H3,(H,26,29)/b19-13+. The van der Waals surface area contributed by atoms with Crippen LogP contribution in [0.2, 0.25) is 0 Å². The summed E-state index contributed by atoms with van der Waals surface area (Å²) in [5, 5.41) is 12.2. The molecule has 1 fully saturated rings. The van der Waals surface area contributed by atoms with E-state index in [1.165, 1.54) is 13.2 Å². The summed E-state index contributed by atoms with van der Waals surface area (Å²) < 4.78 is 16.3. The van der Waals surface area contributed by atoms with E-state index in [1.54, 1.807) is 35.2 Å². The fraction of sp³-hybridized carbons (Fsp3) is 0.292. The molecule has 0 spiro atoms. The summed E-state index contributed by atoms with van der Waals surface area (Å²) in [5.74, 6) is 0.157. The minimum Gasteiger partial charge on any atom is -0.493 e. The molecule has 166 valence electrons. The minimum absolute atomic E-state index is 0.0520. The first kappa shape index (κ1) is 22.8. The lowest BCUT2D eigenvalue weighted by molar-refractivity contribution is -0.137. The van der Waals surface area contributed by atoms with Crippen molar-refractivity contribution in [3.63, 3.8) is 0 Å². The third-order valence-electron chi connectivity index (χ3n) is 4.89. The number of rotatable bonds is 7. The molecule has 1 N–H and O–H groups in total. The van der Waals surface area contributed by atoms with Gasteiger partial charge in [-0.05, 0) is 42.8 Å². The average molecular weight is 435 g/mol. The number of amides is 2. The number of carbonyl (C=O) groups is 2. The summed E-state index contributed by atoms with van der Waals surface area (Å²) in [6, 6.07) is 14.2. The van der Waals surface area contributed by atoms with Crippen molar-refractivity contribution in [3.05, 3.63) is 59.2 Å². The summed E-state index contributed by atoms with van der Waals surface area (Å²) in [6.45, 7) is 3.97. The third-order valence-corrected chi connectivity index (χ3v) is 4.89. The van der Waals surface area contributed by atoms with Gasteiger partial charge in [-0.25, -0.2) is 0 Å². The molecule has 3 rings (SSSR count). The molecule has 8 nitrogen and oxygen atoms in total. The molecule has 2 aromatic carbocycles. The van der Waals surface area contributed by atoms with Crippen molar-refractivity contribution in [2.75, 3.05) is 45.3 Å². The van der Waals surface area contributed by atoms with Crippen molar-refractivity contribution in [1.82, 2.24) is 4.90 Å². The number of nitrogens with zero attached hydrogens (tertiary/aromatic N) is 2. The van der Waals surface area contributed by atoms with Crippen LogP contribution < -0.4 is 14.8 Å². The van der Waals surface area contributed by atoms with Gasteiger partial charge in [-0.1, -0.05) is 23.8 Å². The van der Waals surface area contributed by atoms with Crippen LogP contribution in [0.25, 0.3) is 6.08 Å². The molecule has 32 heavy (non-hydrogen) atoms. The molecule has 0 saturated carbocycles. The number of nitriles is 1. The third kappa shape index (κ3) is 6.09. The fourth-order valence-electron chi connectivity index (χ4n) is 3.09. The second kappa shape index (κ2) is 11.0. The van der Waals surface area contributed by atoms with E-state index in [1.807, 2.05) is 25.1 Å². The van der Waals surface area contributed by atoms with Crippen LogP contribution in [0.3, 0.4) is 0 Å². The molecule has 0 unspecified atom stereocenters. The second-order valence-corrected chi connectivity index (χ2v) is 7.18. The van der Waals surface area contributed by atoms with Gasteiger partial charge in [-0.2, -0.15) is 5.26 Å². The molecule has 0 aromatic heterocycles. The van der Waals surface area contributed by atoms with Gasteiger partial charge in [0.2, 0.25) is 0 Å². The van der Waals surface area contributed by atoms with Crippen molar-refractivity contribution in [3.8, 4) is 17.6 Å². The van der Waals surface area contributed by atoms with E-state index in [2.05, 4.69) is 5.32 Å². The quantitative estimate of drug-likeness (QED) is 0.530. The number of aryl methyl sites for hydroxylation is 1. The maximum Gasteiger partial charge on any atom is 0.266 e. The molecule has 1 aliphatic rings. The van der Waals surface area contributed by atoms with Crippen LogP contribution in [0.15, 0.2) is 48.0 Å². The Kier molecular flexibility index (Phi) is 7.84. The van der Waals surface area contributed by atoms with Gasteiger partial charge < -0.3 is 24.4 Å². The van der Waals surface area contributed by atoms with Gasteiger partial charge in [0, 0.05) is 18.8 Å². The van der Waals surface area contributed by atoms with Crippen LogP contribution in [-0.2, 0) is 14.3 Å². The van der Waals surface area contributed by atoms with Gasteiger partial charge in [-0.3, -0.25) is 9.59 Å². The molecule has 0 atom stereocenters. The molecular weight excluding hydrogens is 410 g/mol. The Hall–Kier alpha value is -3.83. The predicted octanol–water partition coefficient (Wildman–Crippen LogP) is 2.79. The SMILES string of the molecule is COc1cc(/C=C(\C#N)C(=O)Nc2ccc(C)cc2)ccc1OCC(=O)N1CCOCC1. The van der Waals surface area contributed by atoms with Gasteiger partial charge >= 0.3 is 0 Å². The number of methoxy groups -OCH3 is 1. The number of nitrogens with one attached hydrogen (secondary N) is 1. The lowest BCUT2D eigenvalue weighted by Gasteiger charge is -2.26. The van der Waals surface area contributed by atoms with Crippen LogP contribution in [0.1, 0.15) is 11.1 Å². The zero-order valence-corrected chi connectivity index (χ0v) is 18.1. The van der Waals surface area contributed by atoms with Gasteiger partial charge in [0.15, 0.2) is 18.1 Å². The zero-order valence-electron chi connectivity index (χ0n) is 18.1. The Morgan fingerprint density at radius 1 is 1.16 bits per heavy atom. The Bertz CT molecular complexity index is 1030. The Morgan fingerprint density at radius 3 is 2.53 bits per heavy atom. The minimum atomic E-state index is -0.508. The molecule has 1 aliphatic heterocycles. The molecule has 8 heteroatoms. The zero-order chi connectivity index (χ0) is 22.9. The van der Waals surface area contributed by atoms with Crippen LogP contribution >= 0.6 is 0 Å². The van der Waals surface area contributed by atoms with Crippen LogP contribution in [0, 0.1) is 18.3 Å². The summed E-state index contributed by atoms with van der Waals surface area (Å²) in [5.41, 5.74) is 2.21. The average Bonchev–Trinajstić information content (AvgIpc) is 2.83. The van der Waals surface area contributed by atoms with Crippen molar-refractivity contribution >= 4 is 23.6 Å². The Balaban J connectivity index is 1.68. The molecule has 1 heterocycles. The van der Waals surface area contributed by atoms with Gasteiger partial charge in [0.25, 0.3) is 11.8 Å².